The van der Waals surface area contributed by atoms with Gasteiger partial charge in [-0.1, -0.05) is 101 Å². The van der Waals surface area contributed by atoms with Crippen molar-refractivity contribution in [3.05, 3.63) is 102 Å². The highest BCUT2D eigenvalue weighted by Gasteiger charge is 2.36. The van der Waals surface area contributed by atoms with E-state index in [2.05, 4.69) is 41.1 Å². The van der Waals surface area contributed by atoms with Gasteiger partial charge in [-0.15, -0.1) is 0 Å². The number of hydrogen-bond donors (Lipinski definition) is 10. The van der Waals surface area contributed by atoms with E-state index in [0.717, 1.165) is 15.8 Å². The third-order valence-electron chi connectivity index (χ3n) is 12.0. The number of likely N-dealkylation sites (N-methyl/N-ethyl adjacent to an activating group) is 1. The number of aromatic nitrogens is 1. The fourth-order valence-electron chi connectivity index (χ4n) is 8.06. The number of nitrogens with zero attached hydrogens (tertiary/aromatic N) is 1. The number of carbonyl (C=O) groups is 9. The van der Waals surface area contributed by atoms with E-state index in [4.69, 9.17) is 10.3 Å². The predicted octanol–water partition coefficient (Wildman–Crippen LogP) is 1.84. The minimum Gasteiger partial charge on any atom is -0.481 e. The smallest absolute Gasteiger partial charge is 0.446 e. The average Bonchev–Trinajstić information content (AvgIpc) is 3.76. The van der Waals surface area contributed by atoms with Gasteiger partial charge in [-0.3, -0.25) is 47.7 Å². The number of carboxylic acids is 1. The molecule has 0 aliphatic rings. The van der Waals surface area contributed by atoms with Gasteiger partial charge < -0.3 is 56.8 Å². The molecule has 0 saturated carbocycles. The molecule has 0 aliphatic heterocycles. The third-order valence-corrected chi connectivity index (χ3v) is 12.4. The van der Waals surface area contributed by atoms with E-state index in [1.807, 2.05) is 19.9 Å². The van der Waals surface area contributed by atoms with Crippen LogP contribution >= 0.6 is 0 Å². The quantitative estimate of drug-likeness (QED) is 0.0195. The molecule has 3 aromatic carbocycles. The van der Waals surface area contributed by atoms with E-state index in [9.17, 15) is 56.7 Å². The summed E-state index contributed by atoms with van der Waals surface area (Å²) in [6, 6.07) is 14.3. The summed E-state index contributed by atoms with van der Waals surface area (Å²) in [6.07, 6.45) is 1.11. The number of H-pyrrole nitrogens is 1. The van der Waals surface area contributed by atoms with E-state index < -0.39 is 113 Å². The summed E-state index contributed by atoms with van der Waals surface area (Å²) in [5, 5.41) is 26.1. The highest BCUT2D eigenvalue weighted by molar-refractivity contribution is 7.81. The SMILES string of the molecule is CCCCC(NC(=O)CC(=O)N[C@@H](Cc1c[nH]c2ccccc12)C(=O)N(C)[C@@H](CCCC)C(=O)N[C@@H](CC(=O)O)C(=O)N[C@@H](Cc1ccccc1)C(N)=O)NC(=O)[C@H](Cc1ccc(OS(=O)(=O)O)cc1)NC(=O)CC. The van der Waals surface area contributed by atoms with Crippen molar-refractivity contribution >= 4 is 74.5 Å². The van der Waals surface area contributed by atoms with Crippen LogP contribution in [0.3, 0.4) is 0 Å². The summed E-state index contributed by atoms with van der Waals surface area (Å²) >= 11 is 0. The molecule has 0 radical (unpaired) electrons. The Labute approximate surface area is 434 Å². The molecule has 11 N–H and O–H groups in total. The molecule has 1 heterocycles. The molecular weight excluding hydrogens is 995 g/mol. The lowest BCUT2D eigenvalue weighted by Gasteiger charge is -2.32. The number of aromatic amines is 1. The normalized spacial score (nSPS) is 13.6. The number of fused-ring (bicyclic) bond motifs is 1. The van der Waals surface area contributed by atoms with Crippen molar-refractivity contribution < 1.29 is 65.4 Å². The molecule has 1 aromatic heterocycles. The van der Waals surface area contributed by atoms with Crippen LogP contribution in [0.4, 0.5) is 0 Å². The molecule has 4 rings (SSSR count). The van der Waals surface area contributed by atoms with Gasteiger partial charge in [-0.25, -0.2) is 0 Å². The van der Waals surface area contributed by atoms with Crippen LogP contribution in [0.2, 0.25) is 0 Å². The molecule has 0 saturated heterocycles. The minimum absolute atomic E-state index is 0.0186. The third kappa shape index (κ3) is 19.8. The number of nitrogens with two attached hydrogens (primary N) is 1. The summed E-state index contributed by atoms with van der Waals surface area (Å²) in [5.74, 6) is -8.11. The number of para-hydroxylation sites is 1. The molecule has 23 nitrogen and oxygen atoms in total. The molecule has 24 heteroatoms. The van der Waals surface area contributed by atoms with Gasteiger partial charge in [0, 0.05) is 49.8 Å². The Morgan fingerprint density at radius 1 is 0.653 bits per heavy atom. The van der Waals surface area contributed by atoms with E-state index in [1.54, 1.807) is 61.7 Å². The first-order chi connectivity index (χ1) is 35.6. The number of carbonyl (C=O) groups excluding carboxylic acids is 8. The highest BCUT2D eigenvalue weighted by Crippen LogP contribution is 2.21. The second-order valence-electron chi connectivity index (χ2n) is 17.9. The number of primary amides is 1. The first-order valence-corrected chi connectivity index (χ1v) is 25.9. The number of unbranched alkanes of at least 4 members (excludes halogenated alkanes) is 2. The zero-order valence-electron chi connectivity index (χ0n) is 42.3. The summed E-state index contributed by atoms with van der Waals surface area (Å²) in [6.45, 7) is 5.31. The average molecular weight is 1060 g/mol. The zero-order chi connectivity index (χ0) is 55.2. The molecule has 75 heavy (non-hydrogen) atoms. The van der Waals surface area contributed by atoms with Crippen molar-refractivity contribution in [2.45, 2.75) is 134 Å². The molecule has 0 aliphatic carbocycles. The molecule has 0 fully saturated rings. The van der Waals surface area contributed by atoms with Crippen molar-refractivity contribution in [1.82, 2.24) is 41.8 Å². The Hall–Kier alpha value is -7.86. The molecule has 406 valence electrons. The van der Waals surface area contributed by atoms with E-state index in [1.165, 1.54) is 31.3 Å². The van der Waals surface area contributed by atoms with Crippen molar-refractivity contribution in [3.8, 4) is 5.75 Å². The van der Waals surface area contributed by atoms with Crippen LogP contribution in [0.15, 0.2) is 85.1 Å². The van der Waals surface area contributed by atoms with Crippen LogP contribution < -0.4 is 41.8 Å². The number of rotatable bonds is 31. The Kier molecular flexibility index (Phi) is 23.2. The maximum atomic E-state index is 14.7. The van der Waals surface area contributed by atoms with Gasteiger partial charge in [0.25, 0.3) is 0 Å². The molecule has 8 amide bonds. The lowest BCUT2D eigenvalue weighted by Crippen LogP contribution is -2.59. The first kappa shape index (κ1) is 59.7. The maximum Gasteiger partial charge on any atom is 0.446 e. The summed E-state index contributed by atoms with van der Waals surface area (Å²) in [4.78, 5) is 125. The summed E-state index contributed by atoms with van der Waals surface area (Å²) in [7, 11) is -3.47. The van der Waals surface area contributed by atoms with E-state index >= 15 is 0 Å². The molecule has 6 atom stereocenters. The van der Waals surface area contributed by atoms with Gasteiger partial charge in [-0.05, 0) is 54.2 Å². The van der Waals surface area contributed by atoms with Crippen LogP contribution in [-0.2, 0) is 72.8 Å². The van der Waals surface area contributed by atoms with Crippen LogP contribution in [0.5, 0.6) is 5.75 Å². The van der Waals surface area contributed by atoms with Crippen molar-refractivity contribution in [2.24, 2.45) is 5.73 Å². The van der Waals surface area contributed by atoms with Crippen molar-refractivity contribution in [1.29, 1.82) is 0 Å². The second kappa shape index (κ2) is 29.1. The minimum atomic E-state index is -4.79. The largest absolute Gasteiger partial charge is 0.481 e. The molecule has 0 bridgehead atoms. The lowest BCUT2D eigenvalue weighted by atomic mass is 10.0. The van der Waals surface area contributed by atoms with Gasteiger partial charge in [0.05, 0.1) is 6.42 Å². The Bertz CT molecular complexity index is 2740. The molecular formula is C51H67N9O14S. The monoisotopic (exact) mass is 1060 g/mol. The van der Waals surface area contributed by atoms with Gasteiger partial charge in [-0.2, -0.15) is 8.42 Å². The number of aliphatic carboxylic acids is 1. The second-order valence-corrected chi connectivity index (χ2v) is 18.9. The first-order valence-electron chi connectivity index (χ1n) is 24.5. The van der Waals surface area contributed by atoms with Crippen molar-refractivity contribution in [3.63, 3.8) is 0 Å². The lowest BCUT2D eigenvalue weighted by molar-refractivity contribution is -0.144. The fourth-order valence-corrected chi connectivity index (χ4v) is 8.41. The standard InChI is InChI=1S/C51H67N9O14S/c1-5-8-19-41(50(69)57-39(28-46(64)65)48(67)56-37(47(52)66)25-31-15-11-10-12-16-31)60(4)51(70)40(27-33-30-53-36-18-14-13-17-35(33)36)55-44(62)29-45(63)58-42(20-9-6-2)59-49(68)38(54-43(61)7-3)26-32-21-23-34(24-22-32)74-75(71,72)73/h10-18,21-24,30,37-42,53H,5-9,19-20,25-29H2,1-4H3,(H2,52,66)(H,54,61)(H,55,62)(H,56,67)(H,57,69)(H,58,63)(H,59,68)(H,64,65)(H,71,72,73)/t37-,38-,39-,40-,41-,42?/m0/s1. The van der Waals surface area contributed by atoms with Crippen LogP contribution in [0.25, 0.3) is 10.9 Å². The number of benzene rings is 3. The molecule has 0 spiro atoms. The van der Waals surface area contributed by atoms with Gasteiger partial charge >= 0.3 is 16.4 Å². The predicted molar refractivity (Wildman–Crippen MR) is 274 cm³/mol. The molecule has 1 unspecified atom stereocenters. The summed E-state index contributed by atoms with van der Waals surface area (Å²) in [5.41, 5.74) is 8.05. The van der Waals surface area contributed by atoms with E-state index in [0.29, 0.717) is 42.4 Å². The fraction of sp³-hybridized carbons (Fsp3) is 0.431. The van der Waals surface area contributed by atoms with Gasteiger partial charge in [0.2, 0.25) is 47.3 Å². The van der Waals surface area contributed by atoms with Gasteiger partial charge in [0.15, 0.2) is 0 Å². The number of hydrogen-bond acceptors (Lipinski definition) is 12. The van der Waals surface area contributed by atoms with Crippen molar-refractivity contribution in [2.75, 3.05) is 7.05 Å². The Morgan fingerprint density at radius 3 is 1.85 bits per heavy atom. The maximum absolute atomic E-state index is 14.7. The topological polar surface area (TPSA) is 355 Å². The Morgan fingerprint density at radius 2 is 1.23 bits per heavy atom. The van der Waals surface area contributed by atoms with Gasteiger partial charge in [0.1, 0.15) is 48.5 Å². The zero-order valence-corrected chi connectivity index (χ0v) is 43.1. The van der Waals surface area contributed by atoms with Crippen LogP contribution in [-0.4, -0.2) is 125 Å². The van der Waals surface area contributed by atoms with Crippen LogP contribution in [0, 0.1) is 0 Å². The number of carboxylic acid groups (broad SMARTS) is 1. The molecule has 4 aromatic rings. The summed E-state index contributed by atoms with van der Waals surface area (Å²) < 4.78 is 35.7. The highest BCUT2D eigenvalue weighted by atomic mass is 32.3. The number of amides is 8. The number of nitrogens with one attached hydrogen (secondary N) is 7. The Balaban J connectivity index is 1.55. The van der Waals surface area contributed by atoms with E-state index in [-0.39, 0.29) is 44.3 Å². The van der Waals surface area contributed by atoms with Crippen LogP contribution in [0.1, 0.15) is 95.2 Å².